The van der Waals surface area contributed by atoms with Crippen LogP contribution in [0.5, 0.6) is 0 Å². The molecule has 2 fully saturated rings. The summed E-state index contributed by atoms with van der Waals surface area (Å²) in [5, 5.41) is 28.7. The number of aliphatic hydroxyl groups excluding tert-OH is 1. The van der Waals surface area contributed by atoms with Crippen molar-refractivity contribution in [3.05, 3.63) is 0 Å². The Labute approximate surface area is 182 Å². The largest absolute Gasteiger partial charge is 0.481 e. The smallest absolute Gasteiger partial charge is 0.312 e. The molecule has 3 N–H and O–H groups in total. The van der Waals surface area contributed by atoms with E-state index in [2.05, 4.69) is 0 Å². The van der Waals surface area contributed by atoms with Crippen LogP contribution in [0.25, 0.3) is 0 Å². The van der Waals surface area contributed by atoms with Gasteiger partial charge in [0.2, 0.25) is 6.29 Å². The molecule has 9 heteroatoms. The molecule has 176 valence electrons. The van der Waals surface area contributed by atoms with Crippen LogP contribution in [0.4, 0.5) is 0 Å². The van der Waals surface area contributed by atoms with Crippen LogP contribution in [0.1, 0.15) is 77.6 Å². The fourth-order valence-electron chi connectivity index (χ4n) is 4.55. The lowest BCUT2D eigenvalue weighted by molar-refractivity contribution is -0.201. The summed E-state index contributed by atoms with van der Waals surface area (Å²) in [5.41, 5.74) is 0. The standard InChI is InChI=1S/C22H34O9/c1-2-3-4-9-18(30-21(28)16-8-6-5-7-14(16)19(24)25)31-22(29)17-12-13(23)10-11-15(17)20(26)27/h13-18,23H,2-12H2,1H3,(H,24,25)(H,26,27). The fraction of sp³-hybridized carbons (Fsp3) is 0.818. The first-order valence-electron chi connectivity index (χ1n) is 11.3. The fourth-order valence-corrected chi connectivity index (χ4v) is 4.55. The van der Waals surface area contributed by atoms with Gasteiger partial charge in [-0.05, 0) is 38.5 Å². The number of carbonyl (C=O) groups excluding carboxylic acids is 2. The van der Waals surface area contributed by atoms with Gasteiger partial charge < -0.3 is 24.8 Å². The van der Waals surface area contributed by atoms with Crippen LogP contribution in [0.15, 0.2) is 0 Å². The van der Waals surface area contributed by atoms with Crippen molar-refractivity contribution in [1.29, 1.82) is 0 Å². The number of aliphatic hydroxyl groups is 1. The maximum Gasteiger partial charge on any atom is 0.312 e. The molecule has 6 unspecified atom stereocenters. The number of hydrogen-bond acceptors (Lipinski definition) is 7. The first-order chi connectivity index (χ1) is 14.7. The van der Waals surface area contributed by atoms with Gasteiger partial charge in [0, 0.05) is 6.42 Å². The number of carboxylic acid groups (broad SMARTS) is 2. The van der Waals surface area contributed by atoms with Crippen LogP contribution in [-0.4, -0.2) is 51.6 Å². The predicted octanol–water partition coefficient (Wildman–Crippen LogP) is 2.73. The average Bonchev–Trinajstić information content (AvgIpc) is 2.73. The molecule has 0 aromatic carbocycles. The van der Waals surface area contributed by atoms with Crippen LogP contribution < -0.4 is 0 Å². The Morgan fingerprint density at radius 1 is 0.806 bits per heavy atom. The minimum atomic E-state index is -1.20. The third kappa shape index (κ3) is 7.19. The normalized spacial score (nSPS) is 29.5. The highest BCUT2D eigenvalue weighted by Crippen LogP contribution is 2.34. The van der Waals surface area contributed by atoms with Gasteiger partial charge in [0.05, 0.1) is 29.8 Å². The number of ether oxygens (including phenoxy) is 2. The summed E-state index contributed by atoms with van der Waals surface area (Å²) >= 11 is 0. The van der Waals surface area contributed by atoms with Gasteiger partial charge in [-0.25, -0.2) is 0 Å². The molecule has 0 heterocycles. The number of hydrogen-bond donors (Lipinski definition) is 3. The number of unbranched alkanes of at least 4 members (excludes halogenated alkanes) is 2. The molecule has 0 saturated heterocycles. The third-order valence-electron chi connectivity index (χ3n) is 6.37. The van der Waals surface area contributed by atoms with Gasteiger partial charge in [-0.2, -0.15) is 0 Å². The van der Waals surface area contributed by atoms with Gasteiger partial charge in [0.1, 0.15) is 0 Å². The van der Waals surface area contributed by atoms with E-state index in [-0.39, 0.29) is 19.3 Å². The van der Waals surface area contributed by atoms with Gasteiger partial charge in [0.15, 0.2) is 0 Å². The van der Waals surface area contributed by atoms with Crippen molar-refractivity contribution in [1.82, 2.24) is 0 Å². The lowest BCUT2D eigenvalue weighted by Crippen LogP contribution is -2.41. The van der Waals surface area contributed by atoms with Crippen molar-refractivity contribution in [2.75, 3.05) is 0 Å². The lowest BCUT2D eigenvalue weighted by Gasteiger charge is -2.32. The summed E-state index contributed by atoms with van der Waals surface area (Å²) in [6.45, 7) is 1.99. The first kappa shape index (κ1) is 25.1. The van der Waals surface area contributed by atoms with E-state index in [1.807, 2.05) is 6.92 Å². The van der Waals surface area contributed by atoms with Crippen molar-refractivity contribution < 1.29 is 44.0 Å². The summed E-state index contributed by atoms with van der Waals surface area (Å²) in [4.78, 5) is 48.5. The van der Waals surface area contributed by atoms with Crippen molar-refractivity contribution >= 4 is 23.9 Å². The summed E-state index contributed by atoms with van der Waals surface area (Å²) in [7, 11) is 0. The molecular formula is C22H34O9. The maximum atomic E-state index is 12.7. The van der Waals surface area contributed by atoms with Crippen molar-refractivity contribution in [2.45, 2.75) is 89.9 Å². The highest BCUT2D eigenvalue weighted by Gasteiger charge is 2.42. The Morgan fingerprint density at radius 3 is 1.94 bits per heavy atom. The zero-order valence-electron chi connectivity index (χ0n) is 18.0. The molecule has 2 aliphatic rings. The van der Waals surface area contributed by atoms with E-state index in [9.17, 15) is 34.5 Å². The SMILES string of the molecule is CCCCCC(OC(=O)C1CCCCC1C(=O)O)OC(=O)C1CC(O)CCC1C(=O)O. The molecule has 2 aliphatic carbocycles. The molecule has 0 aliphatic heterocycles. The first-order valence-corrected chi connectivity index (χ1v) is 11.3. The second kappa shape index (κ2) is 12.0. The zero-order valence-corrected chi connectivity index (χ0v) is 18.0. The van der Waals surface area contributed by atoms with E-state index in [0.717, 1.165) is 25.7 Å². The Balaban J connectivity index is 2.08. The molecule has 2 saturated carbocycles. The second-order valence-corrected chi connectivity index (χ2v) is 8.65. The van der Waals surface area contributed by atoms with Crippen molar-refractivity contribution in [3.8, 4) is 0 Å². The van der Waals surface area contributed by atoms with Gasteiger partial charge >= 0.3 is 23.9 Å². The average molecular weight is 443 g/mol. The Morgan fingerprint density at radius 2 is 1.35 bits per heavy atom. The molecule has 31 heavy (non-hydrogen) atoms. The molecule has 0 radical (unpaired) electrons. The highest BCUT2D eigenvalue weighted by atomic mass is 16.7. The minimum Gasteiger partial charge on any atom is -0.481 e. The van der Waals surface area contributed by atoms with Crippen LogP contribution in [0.3, 0.4) is 0 Å². The minimum absolute atomic E-state index is 0.0187. The predicted molar refractivity (Wildman–Crippen MR) is 108 cm³/mol. The zero-order chi connectivity index (χ0) is 23.0. The molecule has 0 amide bonds. The Bertz CT molecular complexity index is 647. The van der Waals surface area contributed by atoms with Crippen molar-refractivity contribution in [2.24, 2.45) is 23.7 Å². The monoisotopic (exact) mass is 442 g/mol. The molecule has 0 spiro atoms. The number of carbonyl (C=O) groups is 4. The summed E-state index contributed by atoms with van der Waals surface area (Å²) in [6.07, 6.45) is 3.33. The number of carboxylic acids is 2. The molecule has 0 bridgehead atoms. The summed E-state index contributed by atoms with van der Waals surface area (Å²) < 4.78 is 10.9. The van der Waals surface area contributed by atoms with Gasteiger partial charge in [-0.1, -0.05) is 32.6 Å². The highest BCUT2D eigenvalue weighted by molar-refractivity contribution is 5.82. The van der Waals surface area contributed by atoms with E-state index in [0.29, 0.717) is 25.7 Å². The molecule has 2 rings (SSSR count). The number of esters is 2. The van der Waals surface area contributed by atoms with E-state index in [1.54, 1.807) is 0 Å². The van der Waals surface area contributed by atoms with Crippen LogP contribution in [0.2, 0.25) is 0 Å². The topological polar surface area (TPSA) is 147 Å². The number of rotatable bonds is 10. The van der Waals surface area contributed by atoms with Gasteiger partial charge in [-0.3, -0.25) is 19.2 Å². The molecule has 6 atom stereocenters. The Hall–Kier alpha value is -2.16. The summed E-state index contributed by atoms with van der Waals surface area (Å²) in [6, 6.07) is 0. The van der Waals surface area contributed by atoms with Crippen LogP contribution in [-0.2, 0) is 28.7 Å². The van der Waals surface area contributed by atoms with E-state index in [1.165, 1.54) is 0 Å². The van der Waals surface area contributed by atoms with Gasteiger partial charge in [-0.15, -0.1) is 0 Å². The Kier molecular flexibility index (Phi) is 9.74. The second-order valence-electron chi connectivity index (χ2n) is 8.65. The lowest BCUT2D eigenvalue weighted by atomic mass is 9.78. The van der Waals surface area contributed by atoms with E-state index < -0.39 is 59.9 Å². The molecular weight excluding hydrogens is 408 g/mol. The number of aliphatic carboxylic acids is 2. The summed E-state index contributed by atoms with van der Waals surface area (Å²) in [5.74, 6) is -7.26. The van der Waals surface area contributed by atoms with E-state index >= 15 is 0 Å². The molecule has 0 aromatic rings. The quantitative estimate of drug-likeness (QED) is 0.264. The third-order valence-corrected chi connectivity index (χ3v) is 6.37. The molecule has 9 nitrogen and oxygen atoms in total. The maximum absolute atomic E-state index is 12.7. The van der Waals surface area contributed by atoms with Crippen molar-refractivity contribution in [3.63, 3.8) is 0 Å². The van der Waals surface area contributed by atoms with Crippen LogP contribution >= 0.6 is 0 Å². The van der Waals surface area contributed by atoms with Gasteiger partial charge in [0.25, 0.3) is 0 Å². The van der Waals surface area contributed by atoms with Crippen LogP contribution in [0, 0.1) is 23.7 Å². The molecule has 0 aromatic heterocycles. The van der Waals surface area contributed by atoms with E-state index in [4.69, 9.17) is 9.47 Å².